The van der Waals surface area contributed by atoms with Gasteiger partial charge in [0.2, 0.25) is 0 Å². The maximum Gasteiger partial charge on any atom is 0.163 e. The fourth-order valence-electron chi connectivity index (χ4n) is 4.97. The first kappa shape index (κ1) is 18.4. The molecule has 2 bridgehead atoms. The quantitative estimate of drug-likeness (QED) is 0.814. The molecule has 2 aliphatic heterocycles. The molecular formula is C25H27NO3. The Morgan fingerprint density at radius 1 is 0.966 bits per heavy atom. The highest BCUT2D eigenvalue weighted by Crippen LogP contribution is 2.36. The smallest absolute Gasteiger partial charge is 0.163 e. The molecule has 2 atom stereocenters. The third-order valence-corrected chi connectivity index (χ3v) is 6.56. The average molecular weight is 389 g/mol. The molecule has 2 unspecified atom stereocenters. The number of hydrogen-bond donors (Lipinski definition) is 1. The molecule has 5 rings (SSSR count). The van der Waals surface area contributed by atoms with Crippen molar-refractivity contribution in [3.8, 4) is 11.5 Å². The molecule has 1 N–H and O–H groups in total. The van der Waals surface area contributed by atoms with Crippen LogP contribution in [0.15, 0.2) is 48.0 Å². The van der Waals surface area contributed by atoms with Gasteiger partial charge in [-0.05, 0) is 78.6 Å². The number of rotatable bonds is 5. The molecule has 0 spiro atoms. The van der Waals surface area contributed by atoms with Crippen LogP contribution in [0.5, 0.6) is 11.5 Å². The van der Waals surface area contributed by atoms with Crippen molar-refractivity contribution in [1.82, 2.24) is 5.32 Å². The number of methoxy groups -OCH3 is 1. The van der Waals surface area contributed by atoms with E-state index in [-0.39, 0.29) is 5.78 Å². The van der Waals surface area contributed by atoms with Gasteiger partial charge in [0.05, 0.1) is 7.11 Å². The van der Waals surface area contributed by atoms with Crippen LogP contribution in [0, 0.1) is 0 Å². The number of ether oxygens (including phenoxy) is 2. The van der Waals surface area contributed by atoms with Crippen molar-refractivity contribution < 1.29 is 14.3 Å². The van der Waals surface area contributed by atoms with Gasteiger partial charge in [-0.25, -0.2) is 0 Å². The minimum atomic E-state index is 0.236. The zero-order chi connectivity index (χ0) is 19.8. The van der Waals surface area contributed by atoms with Crippen molar-refractivity contribution in [2.24, 2.45) is 0 Å². The highest BCUT2D eigenvalue weighted by atomic mass is 16.5. The highest BCUT2D eigenvalue weighted by Gasteiger charge is 2.31. The second-order valence-electron chi connectivity index (χ2n) is 8.39. The predicted molar refractivity (Wildman–Crippen MR) is 114 cm³/mol. The summed E-state index contributed by atoms with van der Waals surface area (Å²) in [5, 5.41) is 3.78. The van der Waals surface area contributed by atoms with Crippen molar-refractivity contribution in [1.29, 1.82) is 0 Å². The number of hydrogen-bond acceptors (Lipinski definition) is 4. The third kappa shape index (κ3) is 3.69. The second kappa shape index (κ2) is 7.68. The van der Waals surface area contributed by atoms with Gasteiger partial charge in [0.1, 0.15) is 18.1 Å². The number of benzene rings is 2. The lowest BCUT2D eigenvalue weighted by Gasteiger charge is -2.19. The van der Waals surface area contributed by atoms with E-state index in [9.17, 15) is 4.79 Å². The van der Waals surface area contributed by atoms with E-state index in [0.29, 0.717) is 25.1 Å². The average Bonchev–Trinajstić information content (AvgIpc) is 3.29. The van der Waals surface area contributed by atoms with Gasteiger partial charge in [-0.15, -0.1) is 0 Å². The van der Waals surface area contributed by atoms with E-state index in [4.69, 9.17) is 9.47 Å². The first-order chi connectivity index (χ1) is 14.2. The molecule has 3 aliphatic rings. The zero-order valence-corrected chi connectivity index (χ0v) is 16.9. The molecule has 0 aromatic heterocycles. The van der Waals surface area contributed by atoms with Crippen molar-refractivity contribution in [2.45, 2.75) is 50.6 Å². The number of Topliss-reactive ketones (excluding diaryl/α,β-unsaturated/α-hetero) is 1. The molecule has 1 fully saturated rings. The Morgan fingerprint density at radius 3 is 2.52 bits per heavy atom. The van der Waals surface area contributed by atoms with Gasteiger partial charge in [0.15, 0.2) is 5.78 Å². The zero-order valence-electron chi connectivity index (χ0n) is 16.9. The Morgan fingerprint density at radius 2 is 1.72 bits per heavy atom. The van der Waals surface area contributed by atoms with E-state index < -0.39 is 0 Å². The first-order valence-corrected chi connectivity index (χ1v) is 10.6. The number of fused-ring (bicyclic) bond motifs is 3. The summed E-state index contributed by atoms with van der Waals surface area (Å²) >= 11 is 0. The Hall–Kier alpha value is -2.59. The summed E-state index contributed by atoms with van der Waals surface area (Å²) in [5.74, 6) is 1.91. The lowest BCUT2D eigenvalue weighted by Crippen LogP contribution is -2.27. The predicted octanol–water partition coefficient (Wildman–Crippen LogP) is 4.57. The van der Waals surface area contributed by atoms with Crippen LogP contribution in [-0.4, -0.2) is 31.6 Å². The molecule has 2 aromatic rings. The largest absolute Gasteiger partial charge is 0.497 e. The van der Waals surface area contributed by atoms with Gasteiger partial charge in [-0.2, -0.15) is 0 Å². The lowest BCUT2D eigenvalue weighted by atomic mass is 9.89. The summed E-state index contributed by atoms with van der Waals surface area (Å²) in [6.07, 6.45) is 6.00. The fourth-order valence-corrected chi connectivity index (χ4v) is 4.97. The van der Waals surface area contributed by atoms with Gasteiger partial charge < -0.3 is 14.8 Å². The van der Waals surface area contributed by atoms with Crippen LogP contribution in [0.4, 0.5) is 0 Å². The van der Waals surface area contributed by atoms with Crippen LogP contribution in [0.1, 0.15) is 53.6 Å². The topological polar surface area (TPSA) is 47.6 Å². The van der Waals surface area contributed by atoms with E-state index >= 15 is 0 Å². The fraction of sp³-hybridized carbons (Fsp3) is 0.400. The molecule has 29 heavy (non-hydrogen) atoms. The Kier molecular flexibility index (Phi) is 4.88. The van der Waals surface area contributed by atoms with Crippen molar-refractivity contribution >= 4 is 11.4 Å². The Balaban J connectivity index is 1.42. The van der Waals surface area contributed by atoms with Gasteiger partial charge in [0, 0.05) is 24.1 Å². The number of aryl methyl sites for hydroxylation is 1. The van der Waals surface area contributed by atoms with E-state index in [1.807, 2.05) is 30.3 Å². The standard InChI is InChI=1S/C25H27NO3/c1-28-21-8-2-16(3-9-21)23-13-20-7-6-19(26-20)12-18(23)15-29-22-10-4-17-5-11-25(27)24(17)14-22/h2-4,8-10,14,19-20,26H,5-7,11-13,15H2,1H3. The summed E-state index contributed by atoms with van der Waals surface area (Å²) in [7, 11) is 1.70. The molecule has 1 saturated heterocycles. The molecule has 4 heteroatoms. The maximum atomic E-state index is 12.1. The van der Waals surface area contributed by atoms with Crippen LogP contribution in [0.25, 0.3) is 5.57 Å². The maximum absolute atomic E-state index is 12.1. The summed E-state index contributed by atoms with van der Waals surface area (Å²) in [6, 6.07) is 15.4. The van der Waals surface area contributed by atoms with E-state index in [1.54, 1.807) is 7.11 Å². The molecular weight excluding hydrogens is 362 g/mol. The molecule has 1 aliphatic carbocycles. The second-order valence-corrected chi connectivity index (χ2v) is 8.39. The third-order valence-electron chi connectivity index (χ3n) is 6.56. The number of carbonyl (C=O) groups excluding carboxylic acids is 1. The monoisotopic (exact) mass is 389 g/mol. The lowest BCUT2D eigenvalue weighted by molar-refractivity contribution is 0.0994. The molecule has 2 heterocycles. The van der Waals surface area contributed by atoms with Crippen molar-refractivity contribution in [3.63, 3.8) is 0 Å². The van der Waals surface area contributed by atoms with Crippen LogP contribution in [-0.2, 0) is 6.42 Å². The summed E-state index contributed by atoms with van der Waals surface area (Å²) < 4.78 is 11.5. The number of nitrogens with one attached hydrogen (secondary N) is 1. The van der Waals surface area contributed by atoms with Crippen LogP contribution < -0.4 is 14.8 Å². The minimum Gasteiger partial charge on any atom is -0.497 e. The summed E-state index contributed by atoms with van der Waals surface area (Å²) in [4.78, 5) is 12.1. The number of ketones is 1. The van der Waals surface area contributed by atoms with Gasteiger partial charge >= 0.3 is 0 Å². The van der Waals surface area contributed by atoms with Crippen molar-refractivity contribution in [3.05, 3.63) is 64.7 Å². The molecule has 150 valence electrons. The first-order valence-electron chi connectivity index (χ1n) is 10.6. The van der Waals surface area contributed by atoms with Gasteiger partial charge in [-0.1, -0.05) is 18.2 Å². The Bertz CT molecular complexity index is 961. The molecule has 2 aromatic carbocycles. The van der Waals surface area contributed by atoms with E-state index in [2.05, 4.69) is 17.4 Å². The Labute approximate surface area is 171 Å². The molecule has 0 amide bonds. The number of carbonyl (C=O) groups is 1. The van der Waals surface area contributed by atoms with Crippen LogP contribution >= 0.6 is 0 Å². The van der Waals surface area contributed by atoms with Gasteiger partial charge in [0.25, 0.3) is 0 Å². The minimum absolute atomic E-state index is 0.236. The molecule has 4 nitrogen and oxygen atoms in total. The normalized spacial score (nSPS) is 23.1. The SMILES string of the molecule is COc1ccc(C2=C(COc3ccc4c(c3)C(=O)CC4)CC3CCC(C2)N3)cc1. The molecule has 0 radical (unpaired) electrons. The van der Waals surface area contributed by atoms with E-state index in [0.717, 1.165) is 41.9 Å². The molecule has 0 saturated carbocycles. The van der Waals surface area contributed by atoms with Crippen molar-refractivity contribution in [2.75, 3.05) is 13.7 Å². The highest BCUT2D eigenvalue weighted by molar-refractivity contribution is 6.00. The van der Waals surface area contributed by atoms with Crippen LogP contribution in [0.3, 0.4) is 0 Å². The summed E-state index contributed by atoms with van der Waals surface area (Å²) in [5.41, 5.74) is 6.00. The summed E-state index contributed by atoms with van der Waals surface area (Å²) in [6.45, 7) is 0.569. The van der Waals surface area contributed by atoms with Crippen LogP contribution in [0.2, 0.25) is 0 Å². The van der Waals surface area contributed by atoms with Gasteiger partial charge in [-0.3, -0.25) is 4.79 Å². The van der Waals surface area contributed by atoms with E-state index in [1.165, 1.54) is 29.6 Å².